The van der Waals surface area contributed by atoms with E-state index in [1.54, 1.807) is 27.7 Å². The lowest BCUT2D eigenvalue weighted by atomic mass is 10.4. The summed E-state index contributed by atoms with van der Waals surface area (Å²) in [7, 11) is -7.30. The van der Waals surface area contributed by atoms with Crippen LogP contribution in [-0.2, 0) is 39.4 Å². The highest BCUT2D eigenvalue weighted by Crippen LogP contribution is 2.42. The Bertz CT molecular complexity index is 703. The van der Waals surface area contributed by atoms with Crippen LogP contribution in [0.15, 0.2) is 0 Å². The average Bonchev–Trinajstić information content (AvgIpc) is 3.30. The van der Waals surface area contributed by atoms with E-state index in [4.69, 9.17) is 18.9 Å². The predicted octanol–water partition coefficient (Wildman–Crippen LogP) is -1.16. The van der Waals surface area contributed by atoms with Crippen LogP contribution in [0, 0.1) is 0 Å². The molecule has 4 unspecified atom stereocenters. The molecule has 28 heavy (non-hydrogen) atoms. The van der Waals surface area contributed by atoms with E-state index in [1.807, 2.05) is 0 Å². The molecule has 4 rings (SSSR count). The molecule has 4 aliphatic heterocycles. The Morgan fingerprint density at radius 3 is 0.929 bits per heavy atom. The molecule has 14 heteroatoms. The lowest BCUT2D eigenvalue weighted by molar-refractivity contribution is -0.237. The molecular weight excluding hydrogens is 416 g/mol. The molecule has 0 aromatic heterocycles. The van der Waals surface area contributed by atoms with Crippen LogP contribution in [0.2, 0.25) is 0 Å². The Balaban J connectivity index is 1.53. The maximum Gasteiger partial charge on any atom is 0.286 e. The van der Waals surface area contributed by atoms with E-state index < -0.39 is 57.9 Å². The molecule has 0 amide bonds. The second-order valence-corrected chi connectivity index (χ2v) is 10.3. The molecule has 162 valence electrons. The largest absolute Gasteiger partial charge is 0.324 e. The molecule has 4 fully saturated rings. The number of nitrogens with zero attached hydrogens (tertiary/aromatic N) is 4. The van der Waals surface area contributed by atoms with Gasteiger partial charge in [-0.2, -0.15) is 34.1 Å². The molecule has 0 N–H and O–H groups in total. The second kappa shape index (κ2) is 7.08. The Labute approximate surface area is 165 Å². The zero-order chi connectivity index (χ0) is 20.4. The van der Waals surface area contributed by atoms with E-state index in [9.17, 15) is 16.8 Å². The monoisotopic (exact) mass is 442 g/mol. The van der Waals surface area contributed by atoms with Gasteiger partial charge < -0.3 is 18.9 Å². The minimum atomic E-state index is -3.65. The molecule has 0 aromatic rings. The van der Waals surface area contributed by atoms with Crippen molar-refractivity contribution in [1.82, 2.24) is 17.2 Å². The fraction of sp³-hybridized carbons (Fsp3) is 1.00. The van der Waals surface area contributed by atoms with Gasteiger partial charge in [-0.05, 0) is 0 Å². The third kappa shape index (κ3) is 2.71. The molecule has 0 bridgehead atoms. The van der Waals surface area contributed by atoms with Crippen LogP contribution in [0.25, 0.3) is 0 Å². The molecule has 4 saturated heterocycles. The van der Waals surface area contributed by atoms with Crippen LogP contribution in [0.3, 0.4) is 0 Å². The van der Waals surface area contributed by atoms with Crippen molar-refractivity contribution in [2.75, 3.05) is 26.2 Å². The van der Waals surface area contributed by atoms with Crippen molar-refractivity contribution < 1.29 is 35.8 Å². The smallest absolute Gasteiger partial charge is 0.286 e. The van der Waals surface area contributed by atoms with Crippen LogP contribution in [0.1, 0.15) is 27.7 Å². The van der Waals surface area contributed by atoms with Gasteiger partial charge in [-0.1, -0.05) is 27.7 Å². The fourth-order valence-electron chi connectivity index (χ4n) is 4.15. The molecular formula is C14H26N4O8S2. The summed E-state index contributed by atoms with van der Waals surface area (Å²) in [6, 6.07) is 0. The Hall–Kier alpha value is -0.420. The lowest BCUT2D eigenvalue weighted by Crippen LogP contribution is -2.43. The van der Waals surface area contributed by atoms with E-state index in [0.29, 0.717) is 0 Å². The van der Waals surface area contributed by atoms with Gasteiger partial charge >= 0.3 is 0 Å². The molecule has 0 aromatic carbocycles. The van der Waals surface area contributed by atoms with E-state index in [0.717, 1.165) is 0 Å². The first-order chi connectivity index (χ1) is 13.2. The molecule has 0 radical (unpaired) electrons. The number of likely N-dealkylation sites (N-methyl/N-ethyl adjacent to an activating group) is 4. The van der Waals surface area contributed by atoms with E-state index in [-0.39, 0.29) is 26.2 Å². The quantitative estimate of drug-likeness (QED) is 0.523. The summed E-state index contributed by atoms with van der Waals surface area (Å²) in [5.74, 6) is 0. The predicted molar refractivity (Wildman–Crippen MR) is 94.4 cm³/mol. The normalized spacial score (nSPS) is 43.6. The van der Waals surface area contributed by atoms with Crippen LogP contribution in [0.4, 0.5) is 0 Å². The first-order valence-corrected chi connectivity index (χ1v) is 12.2. The summed E-state index contributed by atoms with van der Waals surface area (Å²) in [6.45, 7) is 7.83. The third-order valence-corrected chi connectivity index (χ3v) is 9.61. The van der Waals surface area contributed by atoms with Crippen LogP contribution in [0.5, 0.6) is 0 Å². The number of fused-ring (bicyclic) bond motifs is 2. The minimum Gasteiger partial charge on any atom is -0.324 e. The maximum atomic E-state index is 12.5. The van der Waals surface area contributed by atoms with Crippen molar-refractivity contribution in [3.63, 3.8) is 0 Å². The van der Waals surface area contributed by atoms with Crippen molar-refractivity contribution in [3.8, 4) is 0 Å². The third-order valence-electron chi connectivity index (χ3n) is 5.37. The lowest BCUT2D eigenvalue weighted by Gasteiger charge is -2.26. The Morgan fingerprint density at radius 1 is 0.536 bits per heavy atom. The summed E-state index contributed by atoms with van der Waals surface area (Å²) < 4.78 is 78.5. The summed E-state index contributed by atoms with van der Waals surface area (Å²) >= 11 is 0. The number of hydrogen-bond donors (Lipinski definition) is 0. The summed E-state index contributed by atoms with van der Waals surface area (Å²) in [6.07, 6.45) is -5.16. The fourth-order valence-corrected chi connectivity index (χ4v) is 7.66. The highest BCUT2D eigenvalue weighted by atomic mass is 32.2. The minimum absolute atomic E-state index is 0.235. The zero-order valence-electron chi connectivity index (χ0n) is 16.2. The first-order valence-electron chi connectivity index (χ1n) is 9.41. The first kappa shape index (κ1) is 20.8. The van der Waals surface area contributed by atoms with Gasteiger partial charge in [0, 0.05) is 26.2 Å². The van der Waals surface area contributed by atoms with E-state index in [2.05, 4.69) is 0 Å². The highest BCUT2D eigenvalue weighted by molar-refractivity contribution is 7.87. The van der Waals surface area contributed by atoms with Gasteiger partial charge in [-0.3, -0.25) is 0 Å². The zero-order valence-corrected chi connectivity index (χ0v) is 17.8. The maximum absolute atomic E-state index is 12.5. The van der Waals surface area contributed by atoms with Crippen molar-refractivity contribution in [1.29, 1.82) is 0 Å². The number of hydrogen-bond acceptors (Lipinski definition) is 8. The molecule has 0 spiro atoms. The Kier molecular flexibility index (Phi) is 5.27. The molecule has 0 aliphatic carbocycles. The second-order valence-electron chi connectivity index (χ2n) is 6.67. The number of ether oxygens (including phenoxy) is 4. The van der Waals surface area contributed by atoms with Gasteiger partial charge in [-0.25, -0.2) is 0 Å². The van der Waals surface area contributed by atoms with Gasteiger partial charge in [-0.15, -0.1) is 0 Å². The molecule has 4 atom stereocenters. The van der Waals surface area contributed by atoms with E-state index >= 15 is 0 Å². The van der Waals surface area contributed by atoms with Crippen LogP contribution < -0.4 is 0 Å². The van der Waals surface area contributed by atoms with Crippen molar-refractivity contribution in [2.24, 2.45) is 0 Å². The molecule has 4 heterocycles. The van der Waals surface area contributed by atoms with Gasteiger partial charge in [0.1, 0.15) is 0 Å². The molecule has 4 aliphatic rings. The van der Waals surface area contributed by atoms with Gasteiger partial charge in [0.15, 0.2) is 24.9 Å². The summed E-state index contributed by atoms with van der Waals surface area (Å²) in [4.78, 5) is 0. The topological polar surface area (TPSA) is 118 Å². The van der Waals surface area contributed by atoms with E-state index in [1.165, 1.54) is 17.2 Å². The summed E-state index contributed by atoms with van der Waals surface area (Å²) in [5, 5.41) is 0. The SMILES string of the molecule is CCN1C2OC(C3OC4C(O3)N(CC)S(=O)(=O)N4CC)OC2N(CC)S1(=O)=O. The van der Waals surface area contributed by atoms with Crippen LogP contribution >= 0.6 is 0 Å². The van der Waals surface area contributed by atoms with Crippen LogP contribution in [-0.4, -0.2) is 97.7 Å². The number of rotatable bonds is 5. The van der Waals surface area contributed by atoms with Gasteiger partial charge in [0.2, 0.25) is 12.6 Å². The van der Waals surface area contributed by atoms with Crippen molar-refractivity contribution in [3.05, 3.63) is 0 Å². The van der Waals surface area contributed by atoms with Crippen molar-refractivity contribution >= 4 is 20.4 Å². The highest BCUT2D eigenvalue weighted by Gasteiger charge is 2.63. The summed E-state index contributed by atoms with van der Waals surface area (Å²) in [5.41, 5.74) is 0. The van der Waals surface area contributed by atoms with Gasteiger partial charge in [0.25, 0.3) is 20.4 Å². The Morgan fingerprint density at radius 2 is 0.750 bits per heavy atom. The molecule has 0 saturated carbocycles. The van der Waals surface area contributed by atoms with Crippen molar-refractivity contribution in [2.45, 2.75) is 65.2 Å². The average molecular weight is 443 g/mol. The van der Waals surface area contributed by atoms with Gasteiger partial charge in [0.05, 0.1) is 0 Å². The molecule has 12 nitrogen and oxygen atoms in total. The standard InChI is InChI=1S/C14H26N4O8S2/c1-5-15-9-10(16(6-2)27(15,19)20)24-13(23-9)14-25-11-12(26-14)18(8-4)28(21,22)17(11)7-3/h9-14H,5-8H2,1-4H3.